The lowest BCUT2D eigenvalue weighted by molar-refractivity contribution is -0.124. The van der Waals surface area contributed by atoms with Gasteiger partial charge in [-0.1, -0.05) is 27.7 Å². The second kappa shape index (κ2) is 11.8. The van der Waals surface area contributed by atoms with Crippen LogP contribution in [0.5, 0.6) is 0 Å². The van der Waals surface area contributed by atoms with Gasteiger partial charge in [0.15, 0.2) is 8.32 Å². The van der Waals surface area contributed by atoms with Gasteiger partial charge >= 0.3 is 7.60 Å². The SMILES string of the molecule is CCOP(=O)(CC(=O)[C@H](C)[C@@H](CCCO[Si](C)(C)C(C)(C)C)OC)OCC. The molecule has 2 atom stereocenters. The van der Waals surface area contributed by atoms with Gasteiger partial charge in [-0.2, -0.15) is 0 Å². The summed E-state index contributed by atoms with van der Waals surface area (Å²) in [6.07, 6.45) is 1.08. The molecule has 0 aromatic carbocycles. The maximum absolute atomic E-state index is 12.6. The molecule has 162 valence electrons. The molecule has 0 radical (unpaired) electrons. The molecule has 0 amide bonds. The molecule has 0 unspecified atom stereocenters. The Balaban J connectivity index is 4.66. The van der Waals surface area contributed by atoms with E-state index in [0.717, 1.165) is 6.42 Å². The van der Waals surface area contributed by atoms with Crippen LogP contribution in [-0.2, 0) is 27.6 Å². The van der Waals surface area contributed by atoms with Gasteiger partial charge in [0.2, 0.25) is 0 Å². The van der Waals surface area contributed by atoms with Crippen LogP contribution in [0.15, 0.2) is 0 Å². The molecule has 27 heavy (non-hydrogen) atoms. The molecule has 8 heteroatoms. The number of hydrogen-bond donors (Lipinski definition) is 0. The molecular formula is C19H41O6PSi. The van der Waals surface area contributed by atoms with Gasteiger partial charge in [-0.15, -0.1) is 0 Å². The zero-order chi connectivity index (χ0) is 21.3. The van der Waals surface area contributed by atoms with Crippen LogP contribution < -0.4 is 0 Å². The smallest absolute Gasteiger partial charge is 0.338 e. The lowest BCUT2D eigenvalue weighted by Gasteiger charge is -2.36. The van der Waals surface area contributed by atoms with Gasteiger partial charge in [-0.05, 0) is 44.8 Å². The van der Waals surface area contributed by atoms with Crippen molar-refractivity contribution in [2.24, 2.45) is 5.92 Å². The van der Waals surface area contributed by atoms with E-state index in [-0.39, 0.29) is 42.2 Å². The zero-order valence-electron chi connectivity index (χ0n) is 18.8. The fourth-order valence-corrected chi connectivity index (χ4v) is 5.27. The summed E-state index contributed by atoms with van der Waals surface area (Å²) in [5.41, 5.74) is 0. The van der Waals surface area contributed by atoms with Gasteiger partial charge in [0.05, 0.1) is 19.3 Å². The number of Topliss-reactive ketones (excluding diaryl/α,β-unsaturated/α-hetero) is 1. The number of carbonyl (C=O) groups is 1. The number of methoxy groups -OCH3 is 1. The predicted molar refractivity (Wildman–Crippen MR) is 113 cm³/mol. The molecule has 0 saturated heterocycles. The Labute approximate surface area is 167 Å². The van der Waals surface area contributed by atoms with Crippen LogP contribution in [0.2, 0.25) is 18.1 Å². The zero-order valence-corrected chi connectivity index (χ0v) is 20.7. The van der Waals surface area contributed by atoms with Crippen molar-refractivity contribution in [1.29, 1.82) is 0 Å². The average molecular weight is 425 g/mol. The highest BCUT2D eigenvalue weighted by Gasteiger charge is 2.37. The summed E-state index contributed by atoms with van der Waals surface area (Å²) in [4.78, 5) is 12.6. The Kier molecular flexibility index (Phi) is 11.8. The van der Waals surface area contributed by atoms with Crippen molar-refractivity contribution in [2.75, 3.05) is 33.1 Å². The largest absolute Gasteiger partial charge is 0.417 e. The molecule has 0 rings (SSSR count). The number of hydrogen-bond acceptors (Lipinski definition) is 6. The molecule has 0 N–H and O–H groups in total. The molecule has 0 heterocycles. The first-order valence-electron chi connectivity index (χ1n) is 9.91. The summed E-state index contributed by atoms with van der Waals surface area (Å²) in [6, 6.07) is 0. The minimum atomic E-state index is -3.38. The van der Waals surface area contributed by atoms with Crippen molar-refractivity contribution in [3.8, 4) is 0 Å². The molecule has 0 aliphatic heterocycles. The fraction of sp³-hybridized carbons (Fsp3) is 0.947. The summed E-state index contributed by atoms with van der Waals surface area (Å²) in [6.45, 7) is 17.5. The fourth-order valence-electron chi connectivity index (χ4n) is 2.46. The third kappa shape index (κ3) is 9.33. The Morgan fingerprint density at radius 3 is 2.04 bits per heavy atom. The van der Waals surface area contributed by atoms with Gasteiger partial charge < -0.3 is 18.2 Å². The van der Waals surface area contributed by atoms with E-state index in [0.29, 0.717) is 13.0 Å². The highest BCUT2D eigenvalue weighted by molar-refractivity contribution is 7.54. The van der Waals surface area contributed by atoms with Crippen molar-refractivity contribution in [3.63, 3.8) is 0 Å². The maximum Gasteiger partial charge on any atom is 0.338 e. The van der Waals surface area contributed by atoms with E-state index in [2.05, 4.69) is 33.9 Å². The van der Waals surface area contributed by atoms with E-state index in [4.69, 9.17) is 18.2 Å². The van der Waals surface area contributed by atoms with Gasteiger partial charge in [-0.3, -0.25) is 9.36 Å². The van der Waals surface area contributed by atoms with Crippen molar-refractivity contribution in [2.45, 2.75) is 78.6 Å². The topological polar surface area (TPSA) is 71.1 Å². The molecule has 0 bridgehead atoms. The third-order valence-electron chi connectivity index (χ3n) is 5.27. The van der Waals surface area contributed by atoms with Crippen LogP contribution in [0.1, 0.15) is 54.4 Å². The van der Waals surface area contributed by atoms with Crippen molar-refractivity contribution in [1.82, 2.24) is 0 Å². The standard InChI is InChI=1S/C19H41O6PSi/c1-10-23-26(21,24-11-2)15-17(20)16(3)18(22-7)13-12-14-25-27(8,9)19(4,5)6/h16,18H,10-15H2,1-9H3/t16-,18+/m0/s1. The number of rotatable bonds is 14. The third-order valence-corrected chi connectivity index (χ3v) is 11.8. The highest BCUT2D eigenvalue weighted by atomic mass is 31.2. The van der Waals surface area contributed by atoms with E-state index in [1.165, 1.54) is 0 Å². The Hall–Kier alpha value is -0.0431. The molecule has 0 saturated carbocycles. The first kappa shape index (κ1) is 27.0. The maximum atomic E-state index is 12.6. The first-order chi connectivity index (χ1) is 12.3. The summed E-state index contributed by atoms with van der Waals surface area (Å²) in [7, 11) is -3.54. The lowest BCUT2D eigenvalue weighted by Crippen LogP contribution is -2.41. The highest BCUT2D eigenvalue weighted by Crippen LogP contribution is 2.48. The van der Waals surface area contributed by atoms with E-state index < -0.39 is 15.9 Å². The monoisotopic (exact) mass is 424 g/mol. The quantitative estimate of drug-likeness (QED) is 0.215. The second-order valence-electron chi connectivity index (χ2n) is 8.38. The van der Waals surface area contributed by atoms with Crippen LogP contribution >= 0.6 is 7.60 Å². The van der Waals surface area contributed by atoms with Crippen molar-refractivity contribution >= 4 is 21.7 Å². The lowest BCUT2D eigenvalue weighted by atomic mass is 9.97. The second-order valence-corrected chi connectivity index (χ2v) is 15.2. The van der Waals surface area contributed by atoms with Gasteiger partial charge in [0, 0.05) is 19.6 Å². The molecule has 0 spiro atoms. The van der Waals surface area contributed by atoms with E-state index in [1.807, 2.05) is 6.92 Å². The molecule has 0 aliphatic carbocycles. The molecule has 0 aromatic rings. The van der Waals surface area contributed by atoms with Crippen LogP contribution in [0.25, 0.3) is 0 Å². The van der Waals surface area contributed by atoms with Gasteiger partial charge in [-0.25, -0.2) is 0 Å². The summed E-state index contributed by atoms with van der Waals surface area (Å²) in [5, 5.41) is 0.177. The average Bonchev–Trinajstić information content (AvgIpc) is 2.53. The van der Waals surface area contributed by atoms with Crippen LogP contribution in [0.3, 0.4) is 0 Å². The normalized spacial score (nSPS) is 15.6. The first-order valence-corrected chi connectivity index (χ1v) is 14.5. The Morgan fingerprint density at radius 1 is 1.11 bits per heavy atom. The summed E-state index contributed by atoms with van der Waals surface area (Å²) < 4.78 is 34.8. The van der Waals surface area contributed by atoms with Crippen molar-refractivity contribution in [3.05, 3.63) is 0 Å². The number of carbonyl (C=O) groups excluding carboxylic acids is 1. The molecule has 0 fully saturated rings. The molecular weight excluding hydrogens is 383 g/mol. The minimum absolute atomic E-state index is 0.155. The van der Waals surface area contributed by atoms with Crippen LogP contribution in [0.4, 0.5) is 0 Å². The Morgan fingerprint density at radius 2 is 1.63 bits per heavy atom. The number of ketones is 1. The van der Waals surface area contributed by atoms with E-state index in [9.17, 15) is 9.36 Å². The minimum Gasteiger partial charge on any atom is -0.417 e. The van der Waals surface area contributed by atoms with Gasteiger partial charge in [0.1, 0.15) is 11.9 Å². The van der Waals surface area contributed by atoms with Crippen molar-refractivity contribution < 1.29 is 27.6 Å². The number of ether oxygens (including phenoxy) is 1. The van der Waals surface area contributed by atoms with Crippen LogP contribution in [0, 0.1) is 5.92 Å². The molecule has 0 aromatic heterocycles. The van der Waals surface area contributed by atoms with E-state index >= 15 is 0 Å². The molecule has 6 nitrogen and oxygen atoms in total. The van der Waals surface area contributed by atoms with Crippen LogP contribution in [-0.4, -0.2) is 53.3 Å². The summed E-state index contributed by atoms with van der Waals surface area (Å²) >= 11 is 0. The summed E-state index contributed by atoms with van der Waals surface area (Å²) in [5.74, 6) is -0.533. The van der Waals surface area contributed by atoms with Gasteiger partial charge in [0.25, 0.3) is 0 Å². The predicted octanol–water partition coefficient (Wildman–Crippen LogP) is 5.27. The molecule has 0 aliphatic rings. The Bertz CT molecular complexity index is 479. The van der Waals surface area contributed by atoms with E-state index in [1.54, 1.807) is 21.0 Å².